The maximum atomic E-state index is 13.7. The van der Waals surface area contributed by atoms with Crippen molar-refractivity contribution < 1.29 is 9.50 Å². The van der Waals surface area contributed by atoms with Gasteiger partial charge in [-0.1, -0.05) is 31.2 Å². The molecule has 0 unspecified atom stereocenters. The lowest BCUT2D eigenvalue weighted by Gasteiger charge is -2.10. The van der Waals surface area contributed by atoms with Gasteiger partial charge in [0.15, 0.2) is 0 Å². The molecule has 2 heterocycles. The van der Waals surface area contributed by atoms with Crippen LogP contribution in [0.2, 0.25) is 0 Å². The van der Waals surface area contributed by atoms with Crippen LogP contribution in [0.5, 0.6) is 5.88 Å². The van der Waals surface area contributed by atoms with Crippen molar-refractivity contribution in [2.45, 2.75) is 19.9 Å². The van der Waals surface area contributed by atoms with Crippen LogP contribution in [-0.4, -0.2) is 14.7 Å². The molecule has 2 aromatic carbocycles. The molecule has 0 bridgehead atoms. The molecule has 0 spiro atoms. The molecular weight excluding hydrogens is 343 g/mol. The average Bonchev–Trinajstić information content (AvgIpc) is 2.98. The second-order valence-corrected chi connectivity index (χ2v) is 6.44. The highest BCUT2D eigenvalue weighted by molar-refractivity contribution is 6.12. The Morgan fingerprint density at radius 2 is 2.11 bits per heavy atom. The highest BCUT2D eigenvalue weighted by atomic mass is 19.1. The maximum Gasteiger partial charge on any atom is 0.202 e. The lowest BCUT2D eigenvalue weighted by molar-refractivity contribution is 0.421. The molecule has 0 aliphatic heterocycles. The third kappa shape index (κ3) is 2.56. The summed E-state index contributed by atoms with van der Waals surface area (Å²) in [5, 5.41) is 20.9. The van der Waals surface area contributed by atoms with Gasteiger partial charge in [0.1, 0.15) is 11.9 Å². The largest absolute Gasteiger partial charge is 0.494 e. The van der Waals surface area contributed by atoms with Gasteiger partial charge in [0.2, 0.25) is 5.88 Å². The van der Waals surface area contributed by atoms with Gasteiger partial charge in [0.25, 0.3) is 0 Å². The number of benzene rings is 2. The Hall–Kier alpha value is -3.59. The van der Waals surface area contributed by atoms with Crippen molar-refractivity contribution in [1.82, 2.24) is 9.55 Å². The average molecular weight is 360 g/mol. The number of aryl methyl sites for hydroxylation is 1. The highest BCUT2D eigenvalue weighted by Gasteiger charge is 2.17. The van der Waals surface area contributed by atoms with Crippen LogP contribution in [0.4, 0.5) is 10.1 Å². The topological polar surface area (TPSA) is 87.9 Å². The number of anilines is 1. The Kier molecular flexibility index (Phi) is 3.93. The van der Waals surface area contributed by atoms with Crippen molar-refractivity contribution in [3.8, 4) is 23.1 Å². The summed E-state index contributed by atoms with van der Waals surface area (Å²) in [5.41, 5.74) is 9.47. The maximum absolute atomic E-state index is 13.7. The van der Waals surface area contributed by atoms with Crippen molar-refractivity contribution in [3.63, 3.8) is 0 Å². The number of aromatic hydroxyl groups is 1. The predicted octanol–water partition coefficient (Wildman–Crippen LogP) is 4.57. The Balaban J connectivity index is 2.04. The molecule has 4 rings (SSSR count). The monoisotopic (exact) mass is 360 g/mol. The van der Waals surface area contributed by atoms with Crippen LogP contribution in [-0.2, 0) is 6.54 Å². The quantitative estimate of drug-likeness (QED) is 0.560. The molecular formula is C21H17FN4O. The number of halogens is 1. The van der Waals surface area contributed by atoms with Crippen LogP contribution < -0.4 is 5.73 Å². The van der Waals surface area contributed by atoms with Crippen LogP contribution in [0.15, 0.2) is 42.6 Å². The summed E-state index contributed by atoms with van der Waals surface area (Å²) in [4.78, 5) is 4.72. The molecule has 6 heteroatoms. The number of aromatic nitrogens is 2. The van der Waals surface area contributed by atoms with Crippen LogP contribution in [0.25, 0.3) is 32.9 Å². The Labute approximate surface area is 155 Å². The van der Waals surface area contributed by atoms with Crippen LogP contribution in [0, 0.1) is 17.1 Å². The van der Waals surface area contributed by atoms with E-state index in [-0.39, 0.29) is 11.4 Å². The van der Waals surface area contributed by atoms with E-state index in [4.69, 9.17) is 16.0 Å². The predicted molar refractivity (Wildman–Crippen MR) is 104 cm³/mol. The second-order valence-electron chi connectivity index (χ2n) is 6.44. The Morgan fingerprint density at radius 3 is 2.85 bits per heavy atom. The van der Waals surface area contributed by atoms with E-state index in [1.165, 1.54) is 12.1 Å². The molecule has 134 valence electrons. The second kappa shape index (κ2) is 6.29. The molecule has 0 radical (unpaired) electrons. The number of nitrogen functional groups attached to an aromatic ring is 1. The molecule has 4 aromatic rings. The van der Waals surface area contributed by atoms with E-state index >= 15 is 0 Å². The number of nitriles is 1. The summed E-state index contributed by atoms with van der Waals surface area (Å²) >= 11 is 0. The number of fused-ring (bicyclic) bond motifs is 2. The number of nitrogens with zero attached hydrogens (tertiary/aromatic N) is 3. The fraction of sp³-hybridized carbons (Fsp3) is 0.143. The first-order chi connectivity index (χ1) is 13.0. The van der Waals surface area contributed by atoms with Gasteiger partial charge in [-0.05, 0) is 24.1 Å². The van der Waals surface area contributed by atoms with Crippen molar-refractivity contribution in [3.05, 3.63) is 54.0 Å². The van der Waals surface area contributed by atoms with Gasteiger partial charge < -0.3 is 15.4 Å². The molecule has 5 nitrogen and oxygen atoms in total. The van der Waals surface area contributed by atoms with E-state index in [1.807, 2.05) is 31.2 Å². The van der Waals surface area contributed by atoms with E-state index in [2.05, 4.69) is 0 Å². The van der Waals surface area contributed by atoms with Crippen LogP contribution in [0.3, 0.4) is 0 Å². The Morgan fingerprint density at radius 1 is 1.30 bits per heavy atom. The van der Waals surface area contributed by atoms with Gasteiger partial charge in [0.05, 0.1) is 27.7 Å². The van der Waals surface area contributed by atoms with Gasteiger partial charge in [-0.3, -0.25) is 0 Å². The number of hydrogen-bond donors (Lipinski definition) is 2. The lowest BCUT2D eigenvalue weighted by atomic mass is 9.99. The van der Waals surface area contributed by atoms with Gasteiger partial charge in [-0.25, -0.2) is 9.37 Å². The standard InChI is InChI=1S/C21H17FN4O/c1-2-8-26-11-17-18(21(26)27)19(24)15-5-3-4-14(20(15)25-17)12-6-7-16(22)13(9-12)10-23/h3-7,9,11,27H,2,8,24H2,1H3. The van der Waals surface area contributed by atoms with Crippen molar-refractivity contribution in [2.75, 3.05) is 5.73 Å². The zero-order valence-electron chi connectivity index (χ0n) is 14.7. The fourth-order valence-electron chi connectivity index (χ4n) is 3.43. The van der Waals surface area contributed by atoms with E-state index in [0.717, 1.165) is 12.0 Å². The lowest BCUT2D eigenvalue weighted by Crippen LogP contribution is -1.94. The minimum atomic E-state index is -0.557. The number of nitrogens with two attached hydrogens (primary N) is 1. The van der Waals surface area contributed by atoms with Crippen molar-refractivity contribution >= 4 is 27.5 Å². The normalized spacial score (nSPS) is 11.1. The van der Waals surface area contributed by atoms with Crippen molar-refractivity contribution in [1.29, 1.82) is 5.26 Å². The zero-order valence-corrected chi connectivity index (χ0v) is 14.7. The number of rotatable bonds is 3. The third-order valence-electron chi connectivity index (χ3n) is 4.72. The van der Waals surface area contributed by atoms with E-state index < -0.39 is 5.82 Å². The molecule has 0 amide bonds. The summed E-state index contributed by atoms with van der Waals surface area (Å²) < 4.78 is 15.4. The SMILES string of the molecule is CCCn1cc2nc3c(-c4ccc(F)c(C#N)c4)cccc3c(N)c2c1O. The van der Waals surface area contributed by atoms with Gasteiger partial charge in [0, 0.05) is 23.7 Å². The molecule has 0 saturated carbocycles. The van der Waals surface area contributed by atoms with E-state index in [0.29, 0.717) is 39.6 Å². The molecule has 0 aliphatic rings. The number of para-hydroxylation sites is 1. The molecule has 0 saturated heterocycles. The minimum Gasteiger partial charge on any atom is -0.494 e. The first-order valence-corrected chi connectivity index (χ1v) is 8.65. The molecule has 2 aromatic heterocycles. The van der Waals surface area contributed by atoms with Gasteiger partial charge in [-0.2, -0.15) is 5.26 Å². The molecule has 27 heavy (non-hydrogen) atoms. The summed E-state index contributed by atoms with van der Waals surface area (Å²) in [6, 6.07) is 11.8. The number of hydrogen-bond acceptors (Lipinski definition) is 4. The first kappa shape index (κ1) is 16.9. The van der Waals surface area contributed by atoms with Crippen LogP contribution in [0.1, 0.15) is 18.9 Å². The van der Waals surface area contributed by atoms with Crippen LogP contribution >= 0.6 is 0 Å². The summed E-state index contributed by atoms with van der Waals surface area (Å²) in [5.74, 6) is -0.449. The summed E-state index contributed by atoms with van der Waals surface area (Å²) in [6.45, 7) is 2.69. The Bertz CT molecular complexity index is 1240. The minimum absolute atomic E-state index is 0.0229. The third-order valence-corrected chi connectivity index (χ3v) is 4.72. The molecule has 0 fully saturated rings. The first-order valence-electron chi connectivity index (χ1n) is 8.65. The molecule has 0 atom stereocenters. The fourth-order valence-corrected chi connectivity index (χ4v) is 3.43. The smallest absolute Gasteiger partial charge is 0.202 e. The van der Waals surface area contributed by atoms with E-state index in [9.17, 15) is 9.50 Å². The highest BCUT2D eigenvalue weighted by Crippen LogP contribution is 2.39. The van der Waals surface area contributed by atoms with E-state index in [1.54, 1.807) is 16.8 Å². The summed E-state index contributed by atoms with van der Waals surface area (Å²) in [7, 11) is 0. The molecule has 3 N–H and O–H groups in total. The molecule has 0 aliphatic carbocycles. The van der Waals surface area contributed by atoms with Gasteiger partial charge >= 0.3 is 0 Å². The summed E-state index contributed by atoms with van der Waals surface area (Å²) in [6.07, 6.45) is 2.65. The van der Waals surface area contributed by atoms with Crippen molar-refractivity contribution in [2.24, 2.45) is 0 Å². The zero-order chi connectivity index (χ0) is 19.1. The number of pyridine rings is 1. The van der Waals surface area contributed by atoms with Gasteiger partial charge in [-0.15, -0.1) is 0 Å².